The van der Waals surface area contributed by atoms with Crippen LogP contribution in [0.5, 0.6) is 5.75 Å². The molecule has 0 radical (unpaired) electrons. The molecule has 1 aliphatic carbocycles. The summed E-state index contributed by atoms with van der Waals surface area (Å²) in [6, 6.07) is 4.99. The molecule has 1 fully saturated rings. The van der Waals surface area contributed by atoms with Gasteiger partial charge in [-0.05, 0) is 49.4 Å². The molecule has 1 aromatic carbocycles. The van der Waals surface area contributed by atoms with Gasteiger partial charge >= 0.3 is 0 Å². The molecule has 2 rings (SSSR count). The molecule has 0 bridgehead atoms. The van der Waals surface area contributed by atoms with Gasteiger partial charge in [-0.1, -0.05) is 19.8 Å². The molecule has 1 aromatic rings. The van der Waals surface area contributed by atoms with Gasteiger partial charge in [-0.15, -0.1) is 12.4 Å². The van der Waals surface area contributed by atoms with Crippen molar-refractivity contribution >= 4 is 22.4 Å². The molecule has 0 amide bonds. The molecular weight excluding hydrogens is 336 g/mol. The molecular formula is C16H27ClN2O3S. The molecule has 0 heterocycles. The number of aryl methyl sites for hydroxylation is 1. The first-order valence-electron chi connectivity index (χ1n) is 7.73. The summed E-state index contributed by atoms with van der Waals surface area (Å²) in [6.07, 6.45) is 3.93. The van der Waals surface area contributed by atoms with E-state index in [2.05, 4.69) is 11.6 Å². The maximum atomic E-state index is 12.8. The van der Waals surface area contributed by atoms with E-state index in [1.165, 1.54) is 0 Å². The van der Waals surface area contributed by atoms with E-state index < -0.39 is 15.6 Å². The molecule has 1 aliphatic rings. The second kappa shape index (κ2) is 7.83. The van der Waals surface area contributed by atoms with E-state index >= 15 is 0 Å². The number of sulfonamides is 1. The molecule has 0 aliphatic heterocycles. The van der Waals surface area contributed by atoms with Crippen LogP contribution >= 0.6 is 12.4 Å². The summed E-state index contributed by atoms with van der Waals surface area (Å²) in [4.78, 5) is 0.291. The maximum Gasteiger partial charge on any atom is 0.241 e. The highest BCUT2D eigenvalue weighted by Crippen LogP contribution is 2.34. The van der Waals surface area contributed by atoms with Crippen molar-refractivity contribution in [2.45, 2.75) is 50.0 Å². The summed E-state index contributed by atoms with van der Waals surface area (Å²) >= 11 is 0. The third-order valence-electron chi connectivity index (χ3n) is 4.83. The fourth-order valence-corrected chi connectivity index (χ4v) is 5.04. The Balaban J connectivity index is 0.00000264. The maximum absolute atomic E-state index is 12.8. The molecule has 2 atom stereocenters. The van der Waals surface area contributed by atoms with Gasteiger partial charge in [-0.3, -0.25) is 0 Å². The van der Waals surface area contributed by atoms with Crippen molar-refractivity contribution in [1.82, 2.24) is 4.72 Å². The third kappa shape index (κ3) is 4.18. The summed E-state index contributed by atoms with van der Waals surface area (Å²) < 4.78 is 33.7. The largest absolute Gasteiger partial charge is 0.497 e. The minimum Gasteiger partial charge on any atom is -0.497 e. The van der Waals surface area contributed by atoms with E-state index in [9.17, 15) is 8.42 Å². The summed E-state index contributed by atoms with van der Waals surface area (Å²) in [5.41, 5.74) is 6.08. The molecule has 0 spiro atoms. The van der Waals surface area contributed by atoms with Gasteiger partial charge in [0.05, 0.1) is 12.0 Å². The van der Waals surface area contributed by atoms with Crippen LogP contribution in [-0.4, -0.2) is 27.6 Å². The van der Waals surface area contributed by atoms with Crippen molar-refractivity contribution in [3.8, 4) is 5.75 Å². The average molecular weight is 363 g/mol. The van der Waals surface area contributed by atoms with Crippen LogP contribution in [0.15, 0.2) is 23.1 Å². The minimum atomic E-state index is -3.60. The van der Waals surface area contributed by atoms with Crippen LogP contribution in [0, 0.1) is 12.8 Å². The van der Waals surface area contributed by atoms with Gasteiger partial charge in [0.1, 0.15) is 5.75 Å². The lowest BCUT2D eigenvalue weighted by Gasteiger charge is -2.42. The first-order valence-corrected chi connectivity index (χ1v) is 9.21. The van der Waals surface area contributed by atoms with Crippen LogP contribution in [0.2, 0.25) is 0 Å². The Morgan fingerprint density at radius 2 is 2.09 bits per heavy atom. The van der Waals surface area contributed by atoms with Gasteiger partial charge in [0.25, 0.3) is 0 Å². The zero-order valence-electron chi connectivity index (χ0n) is 14.0. The van der Waals surface area contributed by atoms with Crippen molar-refractivity contribution in [1.29, 1.82) is 0 Å². The SMILES string of the molecule is COc1ccc(S(=O)(=O)NC2(CN)CCCCC2C)c(C)c1.Cl. The van der Waals surface area contributed by atoms with Crippen molar-refractivity contribution in [3.63, 3.8) is 0 Å². The van der Waals surface area contributed by atoms with Crippen LogP contribution in [0.3, 0.4) is 0 Å². The van der Waals surface area contributed by atoms with Crippen LogP contribution in [0.25, 0.3) is 0 Å². The van der Waals surface area contributed by atoms with Crippen molar-refractivity contribution in [3.05, 3.63) is 23.8 Å². The number of hydrogen-bond donors (Lipinski definition) is 2. The monoisotopic (exact) mass is 362 g/mol. The van der Waals surface area contributed by atoms with E-state index in [1.54, 1.807) is 32.2 Å². The third-order valence-corrected chi connectivity index (χ3v) is 6.54. The van der Waals surface area contributed by atoms with Crippen LogP contribution in [0.1, 0.15) is 38.2 Å². The quantitative estimate of drug-likeness (QED) is 0.843. The number of halogens is 1. The summed E-state index contributed by atoms with van der Waals surface area (Å²) in [5.74, 6) is 0.885. The topological polar surface area (TPSA) is 81.4 Å². The normalized spacial score (nSPS) is 24.8. The molecule has 0 aromatic heterocycles. The lowest BCUT2D eigenvalue weighted by molar-refractivity contribution is 0.191. The predicted molar refractivity (Wildman–Crippen MR) is 94.7 cm³/mol. The summed E-state index contributed by atoms with van der Waals surface area (Å²) in [6.45, 7) is 4.18. The van der Waals surface area contributed by atoms with E-state index in [-0.39, 0.29) is 18.3 Å². The highest BCUT2D eigenvalue weighted by molar-refractivity contribution is 7.89. The number of hydrogen-bond acceptors (Lipinski definition) is 4. The standard InChI is InChI=1S/C16H26N2O3S.ClH/c1-12-10-14(21-3)7-8-15(12)22(19,20)18-16(11-17)9-5-4-6-13(16)2;/h7-8,10,13,18H,4-6,9,11,17H2,1-3H3;1H. The van der Waals surface area contributed by atoms with Gasteiger partial charge in [0.15, 0.2) is 0 Å². The molecule has 132 valence electrons. The fraction of sp³-hybridized carbons (Fsp3) is 0.625. The Hall–Kier alpha value is -0.820. The Morgan fingerprint density at radius 3 is 2.61 bits per heavy atom. The van der Waals surface area contributed by atoms with E-state index in [1.807, 2.05) is 0 Å². The smallest absolute Gasteiger partial charge is 0.241 e. The summed E-state index contributed by atoms with van der Waals surface area (Å²) in [5, 5.41) is 0. The van der Waals surface area contributed by atoms with Crippen LogP contribution in [-0.2, 0) is 10.0 Å². The van der Waals surface area contributed by atoms with Gasteiger partial charge in [0, 0.05) is 12.1 Å². The number of nitrogens with two attached hydrogens (primary N) is 1. The van der Waals surface area contributed by atoms with E-state index in [0.717, 1.165) is 25.7 Å². The molecule has 1 saturated carbocycles. The van der Waals surface area contributed by atoms with E-state index in [4.69, 9.17) is 10.5 Å². The van der Waals surface area contributed by atoms with Gasteiger partial charge in [-0.25, -0.2) is 13.1 Å². The van der Waals surface area contributed by atoms with E-state index in [0.29, 0.717) is 22.8 Å². The molecule has 2 unspecified atom stereocenters. The Labute approximate surface area is 145 Å². The number of benzene rings is 1. The second-order valence-corrected chi connectivity index (χ2v) is 7.89. The molecule has 5 nitrogen and oxygen atoms in total. The molecule has 23 heavy (non-hydrogen) atoms. The first kappa shape index (κ1) is 20.2. The van der Waals surface area contributed by atoms with Gasteiger partial charge < -0.3 is 10.5 Å². The number of rotatable bonds is 5. The highest BCUT2D eigenvalue weighted by Gasteiger charge is 2.40. The zero-order valence-corrected chi connectivity index (χ0v) is 15.6. The fourth-order valence-electron chi connectivity index (χ4n) is 3.28. The number of methoxy groups -OCH3 is 1. The van der Waals surface area contributed by atoms with Crippen molar-refractivity contribution in [2.24, 2.45) is 11.7 Å². The molecule has 0 saturated heterocycles. The predicted octanol–water partition coefficient (Wildman–Crippen LogP) is 2.61. The molecule has 7 heteroatoms. The molecule has 3 N–H and O–H groups in total. The van der Waals surface area contributed by atoms with Crippen molar-refractivity contribution in [2.75, 3.05) is 13.7 Å². The lowest BCUT2D eigenvalue weighted by Crippen LogP contribution is -2.59. The van der Waals surface area contributed by atoms with Gasteiger partial charge in [-0.2, -0.15) is 0 Å². The Kier molecular flexibility index (Phi) is 6.89. The van der Waals surface area contributed by atoms with Crippen molar-refractivity contribution < 1.29 is 13.2 Å². The number of nitrogens with one attached hydrogen (secondary N) is 1. The highest BCUT2D eigenvalue weighted by atomic mass is 35.5. The zero-order chi connectivity index (χ0) is 16.4. The lowest BCUT2D eigenvalue weighted by atomic mass is 9.74. The van der Waals surface area contributed by atoms with Crippen LogP contribution < -0.4 is 15.2 Å². The van der Waals surface area contributed by atoms with Gasteiger partial charge in [0.2, 0.25) is 10.0 Å². The Bertz CT molecular complexity index is 636. The first-order chi connectivity index (χ1) is 10.3. The number of ether oxygens (including phenoxy) is 1. The Morgan fingerprint density at radius 1 is 1.39 bits per heavy atom. The minimum absolute atomic E-state index is 0. The summed E-state index contributed by atoms with van der Waals surface area (Å²) in [7, 11) is -2.04. The average Bonchev–Trinajstić information content (AvgIpc) is 2.49. The van der Waals surface area contributed by atoms with Crippen LogP contribution in [0.4, 0.5) is 0 Å². The second-order valence-electron chi connectivity index (χ2n) is 6.24.